The summed E-state index contributed by atoms with van der Waals surface area (Å²) in [7, 11) is -1.33. The second-order valence-electron chi connectivity index (χ2n) is 8.85. The van der Waals surface area contributed by atoms with E-state index in [0.29, 0.717) is 37.1 Å². The van der Waals surface area contributed by atoms with Gasteiger partial charge in [0.15, 0.2) is 0 Å². The van der Waals surface area contributed by atoms with Gasteiger partial charge in [-0.1, -0.05) is 79.9 Å². The van der Waals surface area contributed by atoms with Crippen LogP contribution < -0.4 is 10.6 Å². The first-order chi connectivity index (χ1) is 17.5. The lowest BCUT2D eigenvalue weighted by Crippen LogP contribution is -2.44. The third-order valence-corrected chi connectivity index (χ3v) is 6.09. The van der Waals surface area contributed by atoms with Gasteiger partial charge in [0.1, 0.15) is 11.7 Å². The van der Waals surface area contributed by atoms with E-state index in [1.807, 2.05) is 78.9 Å². The fourth-order valence-electron chi connectivity index (χ4n) is 4.19. The molecule has 184 valence electrons. The average molecular weight is 483 g/mol. The quantitative estimate of drug-likeness (QED) is 0.158. The molecule has 4 aromatic rings. The summed E-state index contributed by atoms with van der Waals surface area (Å²) in [5, 5.41) is 24.9. The van der Waals surface area contributed by atoms with Gasteiger partial charge in [0.25, 0.3) is 5.91 Å². The van der Waals surface area contributed by atoms with Gasteiger partial charge in [-0.3, -0.25) is 9.59 Å². The Labute approximate surface area is 210 Å². The SMILES string of the molecule is O=C(NC(CCCCCB(O)O)C(=O)Nc1cccc(-c2ccccc2)c1)c1cc2ccccc2[nH]1. The summed E-state index contributed by atoms with van der Waals surface area (Å²) in [6, 6.07) is 26.1. The number of hydrogen-bond acceptors (Lipinski definition) is 4. The van der Waals surface area contributed by atoms with E-state index in [-0.39, 0.29) is 18.1 Å². The average Bonchev–Trinajstić information content (AvgIpc) is 3.33. The summed E-state index contributed by atoms with van der Waals surface area (Å²) in [6.45, 7) is 0. The van der Waals surface area contributed by atoms with Crippen LogP contribution in [0.2, 0.25) is 6.32 Å². The van der Waals surface area contributed by atoms with Crippen molar-refractivity contribution in [2.75, 3.05) is 5.32 Å². The molecule has 1 aromatic heterocycles. The largest absolute Gasteiger partial charge is 0.451 e. The zero-order valence-electron chi connectivity index (χ0n) is 20.0. The van der Waals surface area contributed by atoms with Gasteiger partial charge in [0.2, 0.25) is 5.91 Å². The van der Waals surface area contributed by atoms with Crippen LogP contribution in [0.5, 0.6) is 0 Å². The van der Waals surface area contributed by atoms with Gasteiger partial charge in [-0.2, -0.15) is 0 Å². The number of fused-ring (bicyclic) bond motifs is 1. The van der Waals surface area contributed by atoms with Crippen molar-refractivity contribution >= 4 is 35.5 Å². The van der Waals surface area contributed by atoms with E-state index >= 15 is 0 Å². The molecule has 0 bridgehead atoms. The van der Waals surface area contributed by atoms with Gasteiger partial charge in [0, 0.05) is 16.6 Å². The van der Waals surface area contributed by atoms with Gasteiger partial charge >= 0.3 is 7.12 Å². The lowest BCUT2D eigenvalue weighted by Gasteiger charge is -2.19. The third-order valence-electron chi connectivity index (χ3n) is 6.09. The number of para-hydroxylation sites is 1. The van der Waals surface area contributed by atoms with Crippen molar-refractivity contribution in [3.05, 3.63) is 90.6 Å². The molecule has 0 spiro atoms. The van der Waals surface area contributed by atoms with Crippen molar-refractivity contribution in [2.45, 2.75) is 38.0 Å². The Hall–Kier alpha value is -3.88. The number of aromatic amines is 1. The highest BCUT2D eigenvalue weighted by Crippen LogP contribution is 2.23. The van der Waals surface area contributed by atoms with Crippen LogP contribution in [0.15, 0.2) is 84.9 Å². The number of benzene rings is 3. The van der Waals surface area contributed by atoms with Crippen LogP contribution in [0, 0.1) is 0 Å². The van der Waals surface area contributed by atoms with Gasteiger partial charge in [0.05, 0.1) is 0 Å². The zero-order valence-corrected chi connectivity index (χ0v) is 20.0. The molecule has 0 aliphatic rings. The molecule has 8 heteroatoms. The number of unbranched alkanes of at least 4 members (excludes halogenated alkanes) is 2. The first kappa shape index (κ1) is 25.2. The number of hydrogen-bond donors (Lipinski definition) is 5. The van der Waals surface area contributed by atoms with Crippen LogP contribution in [0.1, 0.15) is 36.2 Å². The van der Waals surface area contributed by atoms with Gasteiger partial charge in [-0.15, -0.1) is 0 Å². The number of rotatable bonds is 11. The van der Waals surface area contributed by atoms with E-state index in [2.05, 4.69) is 15.6 Å². The molecule has 0 aliphatic carbocycles. The Morgan fingerprint density at radius 2 is 1.58 bits per heavy atom. The van der Waals surface area contributed by atoms with E-state index in [1.54, 1.807) is 6.07 Å². The standard InChI is InChI=1S/C28H30BN3O4/c33-27(30-23-14-9-13-21(18-23)20-10-3-1-4-11-20)25(16-5-2-8-17-29(35)36)32-28(34)26-19-22-12-6-7-15-24(22)31-26/h1,3-4,6-7,9-15,18-19,25,31,35-36H,2,5,8,16-17H2,(H,30,33)(H,32,34). The van der Waals surface area contributed by atoms with Crippen LogP contribution >= 0.6 is 0 Å². The Morgan fingerprint density at radius 3 is 2.36 bits per heavy atom. The monoisotopic (exact) mass is 483 g/mol. The number of carbonyl (C=O) groups is 2. The van der Waals surface area contributed by atoms with Crippen LogP contribution in [-0.2, 0) is 4.79 Å². The lowest BCUT2D eigenvalue weighted by atomic mass is 9.83. The van der Waals surface area contributed by atoms with E-state index < -0.39 is 13.2 Å². The molecule has 2 amide bonds. The summed E-state index contributed by atoms with van der Waals surface area (Å²) >= 11 is 0. The molecule has 1 unspecified atom stereocenters. The number of nitrogens with one attached hydrogen (secondary N) is 3. The maximum atomic E-state index is 13.3. The number of carbonyl (C=O) groups excluding carboxylic acids is 2. The van der Waals surface area contributed by atoms with Crippen LogP contribution in [0.4, 0.5) is 5.69 Å². The van der Waals surface area contributed by atoms with E-state index in [9.17, 15) is 9.59 Å². The fraction of sp³-hybridized carbons (Fsp3) is 0.214. The van der Waals surface area contributed by atoms with Crippen molar-refractivity contribution in [3.63, 3.8) is 0 Å². The van der Waals surface area contributed by atoms with E-state index in [4.69, 9.17) is 10.0 Å². The topological polar surface area (TPSA) is 114 Å². The summed E-state index contributed by atoms with van der Waals surface area (Å²) in [5.74, 6) is -0.651. The van der Waals surface area contributed by atoms with Crippen molar-refractivity contribution in [2.24, 2.45) is 0 Å². The molecular formula is C28H30BN3O4. The molecule has 5 N–H and O–H groups in total. The van der Waals surface area contributed by atoms with E-state index in [1.165, 1.54) is 0 Å². The molecule has 0 saturated heterocycles. The summed E-state index contributed by atoms with van der Waals surface area (Å²) in [6.07, 6.45) is 2.71. The van der Waals surface area contributed by atoms with Crippen LogP contribution in [-0.4, -0.2) is 40.0 Å². The zero-order chi connectivity index (χ0) is 25.3. The molecule has 36 heavy (non-hydrogen) atoms. The van der Waals surface area contributed by atoms with Crippen LogP contribution in [0.25, 0.3) is 22.0 Å². The highest BCUT2D eigenvalue weighted by Gasteiger charge is 2.22. The minimum atomic E-state index is -1.33. The molecule has 0 fully saturated rings. The molecule has 3 aromatic carbocycles. The Balaban J connectivity index is 1.46. The summed E-state index contributed by atoms with van der Waals surface area (Å²) < 4.78 is 0. The number of amides is 2. The van der Waals surface area contributed by atoms with Crippen LogP contribution in [0.3, 0.4) is 0 Å². The van der Waals surface area contributed by atoms with Crippen molar-refractivity contribution in [1.82, 2.24) is 10.3 Å². The number of H-pyrrole nitrogens is 1. The molecule has 1 heterocycles. The summed E-state index contributed by atoms with van der Waals surface area (Å²) in [4.78, 5) is 29.4. The smallest absolute Gasteiger partial charge is 0.427 e. The van der Waals surface area contributed by atoms with E-state index in [0.717, 1.165) is 22.0 Å². The first-order valence-corrected chi connectivity index (χ1v) is 12.2. The maximum absolute atomic E-state index is 13.3. The molecule has 0 radical (unpaired) electrons. The normalized spacial score (nSPS) is 11.7. The van der Waals surface area contributed by atoms with Gasteiger partial charge < -0.3 is 25.7 Å². The van der Waals surface area contributed by atoms with Crippen molar-refractivity contribution in [3.8, 4) is 11.1 Å². The van der Waals surface area contributed by atoms with Crippen molar-refractivity contribution < 1.29 is 19.6 Å². The summed E-state index contributed by atoms with van der Waals surface area (Å²) in [5.41, 5.74) is 3.92. The molecular weight excluding hydrogens is 453 g/mol. The highest BCUT2D eigenvalue weighted by atomic mass is 16.4. The minimum absolute atomic E-state index is 0.282. The minimum Gasteiger partial charge on any atom is -0.427 e. The Kier molecular flexibility index (Phi) is 8.55. The molecule has 0 aliphatic heterocycles. The number of aromatic nitrogens is 1. The van der Waals surface area contributed by atoms with Crippen molar-refractivity contribution in [1.29, 1.82) is 0 Å². The second-order valence-corrected chi connectivity index (χ2v) is 8.85. The Morgan fingerprint density at radius 1 is 0.833 bits per heavy atom. The predicted molar refractivity (Wildman–Crippen MR) is 144 cm³/mol. The van der Waals surface area contributed by atoms with Gasteiger partial charge in [-0.25, -0.2) is 0 Å². The molecule has 1 atom stereocenters. The predicted octanol–water partition coefficient (Wildman–Crippen LogP) is 4.61. The van der Waals surface area contributed by atoms with Gasteiger partial charge in [-0.05, 0) is 48.1 Å². The molecule has 0 saturated carbocycles. The third kappa shape index (κ3) is 6.84. The maximum Gasteiger partial charge on any atom is 0.451 e. The Bertz CT molecular complexity index is 1270. The molecule has 4 rings (SSSR count). The molecule has 7 nitrogen and oxygen atoms in total. The number of anilines is 1. The highest BCUT2D eigenvalue weighted by molar-refractivity contribution is 6.40. The first-order valence-electron chi connectivity index (χ1n) is 12.2. The fourth-order valence-corrected chi connectivity index (χ4v) is 4.19. The lowest BCUT2D eigenvalue weighted by molar-refractivity contribution is -0.118. The second kappa shape index (κ2) is 12.2.